The second-order valence-electron chi connectivity index (χ2n) is 5.97. The van der Waals surface area contributed by atoms with E-state index >= 15 is 0 Å². The molecule has 0 fully saturated rings. The van der Waals surface area contributed by atoms with Gasteiger partial charge in [-0.25, -0.2) is 0 Å². The van der Waals surface area contributed by atoms with Crippen LogP contribution in [0.1, 0.15) is 46.5 Å². The van der Waals surface area contributed by atoms with Crippen molar-refractivity contribution in [2.75, 3.05) is 6.61 Å². The molecule has 0 bridgehead atoms. The molecule has 0 aliphatic rings. The molecule has 0 N–H and O–H groups in total. The van der Waals surface area contributed by atoms with E-state index in [0.29, 0.717) is 11.5 Å². The lowest BCUT2D eigenvalue weighted by Crippen LogP contribution is -2.40. The summed E-state index contributed by atoms with van der Waals surface area (Å²) in [4.78, 5) is 10.1. The molecule has 0 spiro atoms. The van der Waals surface area contributed by atoms with Gasteiger partial charge in [-0.05, 0) is 37.4 Å². The van der Waals surface area contributed by atoms with E-state index in [4.69, 9.17) is 4.43 Å². The molecule has 0 rings (SSSR count). The first-order chi connectivity index (χ1) is 7.81. The second-order valence-corrected chi connectivity index (χ2v) is 10.8. The quantitative estimate of drug-likeness (QED) is 0.280. The molecule has 0 aliphatic carbocycles. The SMILES string of the molecule is CC(C)(C)[Si](C)(C)OCCC/C=C/CCC=O. The Hall–Kier alpha value is -0.413. The molecule has 3 heteroatoms. The smallest absolute Gasteiger partial charge is 0.191 e. The van der Waals surface area contributed by atoms with Crippen molar-refractivity contribution < 1.29 is 9.22 Å². The van der Waals surface area contributed by atoms with Crippen molar-refractivity contribution in [1.29, 1.82) is 0 Å². The number of aldehydes is 1. The number of hydrogen-bond donors (Lipinski definition) is 0. The largest absolute Gasteiger partial charge is 0.417 e. The number of hydrogen-bond acceptors (Lipinski definition) is 2. The lowest BCUT2D eigenvalue weighted by Gasteiger charge is -2.36. The Morgan fingerprint density at radius 1 is 1.06 bits per heavy atom. The minimum atomic E-state index is -1.56. The summed E-state index contributed by atoms with van der Waals surface area (Å²) < 4.78 is 6.07. The predicted molar refractivity (Wildman–Crippen MR) is 76.8 cm³/mol. The third-order valence-electron chi connectivity index (χ3n) is 3.40. The number of rotatable bonds is 8. The summed E-state index contributed by atoms with van der Waals surface area (Å²) >= 11 is 0. The van der Waals surface area contributed by atoms with E-state index in [1.54, 1.807) is 0 Å². The van der Waals surface area contributed by atoms with Crippen molar-refractivity contribution in [3.63, 3.8) is 0 Å². The maximum absolute atomic E-state index is 10.1. The van der Waals surface area contributed by atoms with E-state index in [2.05, 4.69) is 46.0 Å². The molecule has 2 nitrogen and oxygen atoms in total. The molecule has 0 atom stereocenters. The topological polar surface area (TPSA) is 26.3 Å². The Morgan fingerprint density at radius 2 is 1.65 bits per heavy atom. The minimum Gasteiger partial charge on any atom is -0.417 e. The van der Waals surface area contributed by atoms with Gasteiger partial charge in [0.05, 0.1) is 0 Å². The molecule has 0 aliphatic heterocycles. The van der Waals surface area contributed by atoms with Crippen molar-refractivity contribution >= 4 is 14.6 Å². The molecule has 0 saturated carbocycles. The van der Waals surface area contributed by atoms with Crippen molar-refractivity contribution in [3.05, 3.63) is 12.2 Å². The van der Waals surface area contributed by atoms with Crippen molar-refractivity contribution in [3.8, 4) is 0 Å². The van der Waals surface area contributed by atoms with Crippen LogP contribution >= 0.6 is 0 Å². The maximum atomic E-state index is 10.1. The summed E-state index contributed by atoms with van der Waals surface area (Å²) in [7, 11) is -1.56. The molecule has 0 saturated heterocycles. The van der Waals surface area contributed by atoms with Crippen LogP contribution in [0.5, 0.6) is 0 Å². The Morgan fingerprint density at radius 3 is 2.18 bits per heavy atom. The van der Waals surface area contributed by atoms with Crippen LogP contribution in [0.15, 0.2) is 12.2 Å². The molecular formula is C14H28O2Si. The minimum absolute atomic E-state index is 0.298. The predicted octanol–water partition coefficient (Wildman–Crippen LogP) is 4.32. The van der Waals surface area contributed by atoms with Gasteiger partial charge in [0.15, 0.2) is 8.32 Å². The van der Waals surface area contributed by atoms with E-state index in [1.807, 2.05) is 0 Å². The van der Waals surface area contributed by atoms with Crippen LogP contribution in [0.3, 0.4) is 0 Å². The van der Waals surface area contributed by atoms with Gasteiger partial charge in [0.1, 0.15) is 6.29 Å². The second kappa shape index (κ2) is 7.83. The van der Waals surface area contributed by atoms with Crippen LogP contribution in [0.4, 0.5) is 0 Å². The zero-order chi connectivity index (χ0) is 13.4. The van der Waals surface area contributed by atoms with Gasteiger partial charge in [-0.2, -0.15) is 0 Å². The van der Waals surface area contributed by atoms with Crippen LogP contribution < -0.4 is 0 Å². The summed E-state index contributed by atoms with van der Waals surface area (Å²) in [5.74, 6) is 0. The van der Waals surface area contributed by atoms with Gasteiger partial charge in [-0.3, -0.25) is 0 Å². The van der Waals surface area contributed by atoms with Gasteiger partial charge >= 0.3 is 0 Å². The van der Waals surface area contributed by atoms with Gasteiger partial charge in [0, 0.05) is 13.0 Å². The van der Waals surface area contributed by atoms with E-state index < -0.39 is 8.32 Å². The molecule has 0 aromatic rings. The number of carbonyl (C=O) groups is 1. The van der Waals surface area contributed by atoms with E-state index in [1.165, 1.54) is 0 Å². The third-order valence-corrected chi connectivity index (χ3v) is 7.94. The molecule has 100 valence electrons. The highest BCUT2D eigenvalue weighted by Gasteiger charge is 2.36. The van der Waals surface area contributed by atoms with Gasteiger partial charge in [-0.1, -0.05) is 32.9 Å². The van der Waals surface area contributed by atoms with Crippen LogP contribution in [-0.4, -0.2) is 21.2 Å². The monoisotopic (exact) mass is 256 g/mol. The summed E-state index contributed by atoms with van der Waals surface area (Å²) in [6, 6.07) is 0. The first-order valence-electron chi connectivity index (χ1n) is 6.54. The van der Waals surface area contributed by atoms with Crippen molar-refractivity contribution in [1.82, 2.24) is 0 Å². The Labute approximate surface area is 108 Å². The van der Waals surface area contributed by atoms with Crippen LogP contribution in [0.25, 0.3) is 0 Å². The van der Waals surface area contributed by atoms with Crippen molar-refractivity contribution in [2.45, 2.75) is 64.6 Å². The number of unbranched alkanes of at least 4 members (excludes halogenated alkanes) is 2. The fourth-order valence-electron chi connectivity index (χ4n) is 1.14. The first kappa shape index (κ1) is 16.6. The van der Waals surface area contributed by atoms with E-state index in [0.717, 1.165) is 32.2 Å². The van der Waals surface area contributed by atoms with Gasteiger partial charge in [0.25, 0.3) is 0 Å². The fraction of sp³-hybridized carbons (Fsp3) is 0.786. The van der Waals surface area contributed by atoms with Crippen molar-refractivity contribution in [2.24, 2.45) is 0 Å². The van der Waals surface area contributed by atoms with E-state index in [-0.39, 0.29) is 0 Å². The third kappa shape index (κ3) is 7.50. The number of carbonyl (C=O) groups excluding carboxylic acids is 1. The molecule has 0 aromatic carbocycles. The summed E-state index contributed by atoms with van der Waals surface area (Å²) in [6.45, 7) is 12.2. The summed E-state index contributed by atoms with van der Waals surface area (Å²) in [5, 5.41) is 0.298. The van der Waals surface area contributed by atoms with Gasteiger partial charge < -0.3 is 9.22 Å². The standard InChI is InChI=1S/C14H28O2Si/c1-14(2,3)17(4,5)16-13-11-9-7-6-8-10-12-15/h6-7,12H,8-11,13H2,1-5H3/b7-6+. The van der Waals surface area contributed by atoms with Crippen LogP contribution in [0.2, 0.25) is 18.1 Å². The molecule has 0 radical (unpaired) electrons. The zero-order valence-corrected chi connectivity index (χ0v) is 13.1. The maximum Gasteiger partial charge on any atom is 0.191 e. The van der Waals surface area contributed by atoms with Crippen LogP contribution in [-0.2, 0) is 9.22 Å². The highest BCUT2D eigenvalue weighted by molar-refractivity contribution is 6.74. The lowest BCUT2D eigenvalue weighted by atomic mass is 10.2. The number of allylic oxidation sites excluding steroid dienone is 2. The molecular weight excluding hydrogens is 228 g/mol. The molecule has 0 heterocycles. The molecule has 0 unspecified atom stereocenters. The molecule has 0 aromatic heterocycles. The summed E-state index contributed by atoms with van der Waals surface area (Å²) in [6.07, 6.45) is 8.82. The summed E-state index contributed by atoms with van der Waals surface area (Å²) in [5.41, 5.74) is 0. The average Bonchev–Trinajstić information content (AvgIpc) is 2.20. The van der Waals surface area contributed by atoms with Gasteiger partial charge in [-0.15, -0.1) is 0 Å². The Kier molecular flexibility index (Phi) is 7.64. The first-order valence-corrected chi connectivity index (χ1v) is 9.44. The normalized spacial score (nSPS) is 13.2. The lowest BCUT2D eigenvalue weighted by molar-refractivity contribution is -0.107. The molecule has 0 amide bonds. The molecule has 17 heavy (non-hydrogen) atoms. The average molecular weight is 256 g/mol. The highest BCUT2D eigenvalue weighted by atomic mass is 28.4. The Balaban J connectivity index is 3.65. The zero-order valence-electron chi connectivity index (χ0n) is 12.1. The van der Waals surface area contributed by atoms with Gasteiger partial charge in [0.2, 0.25) is 0 Å². The van der Waals surface area contributed by atoms with E-state index in [9.17, 15) is 4.79 Å². The Bertz CT molecular complexity index is 239. The fourth-order valence-corrected chi connectivity index (χ4v) is 2.23. The highest BCUT2D eigenvalue weighted by Crippen LogP contribution is 2.36. The van der Waals surface area contributed by atoms with Crippen LogP contribution in [0, 0.1) is 0 Å².